The summed E-state index contributed by atoms with van der Waals surface area (Å²) in [5.41, 5.74) is 0. The third kappa shape index (κ3) is 4.16. The zero-order valence-corrected chi connectivity index (χ0v) is 9.96. The van der Waals surface area contributed by atoms with Crippen LogP contribution in [-0.4, -0.2) is 30.8 Å². The van der Waals surface area contributed by atoms with Gasteiger partial charge in [-0.2, -0.15) is 0 Å². The van der Waals surface area contributed by atoms with Crippen molar-refractivity contribution < 1.29 is 19.0 Å². The number of carbonyl (C=O) groups is 1. The highest BCUT2D eigenvalue weighted by Crippen LogP contribution is 2.21. The lowest BCUT2D eigenvalue weighted by atomic mass is 10.3. The molecule has 0 aliphatic rings. The summed E-state index contributed by atoms with van der Waals surface area (Å²) in [7, 11) is 0. The van der Waals surface area contributed by atoms with Crippen molar-refractivity contribution in [2.45, 2.75) is 0 Å². The largest absolute Gasteiger partial charge is 0.481 e. The first-order valence-corrected chi connectivity index (χ1v) is 5.38. The van der Waals surface area contributed by atoms with Crippen LogP contribution in [0.3, 0.4) is 0 Å². The van der Waals surface area contributed by atoms with Gasteiger partial charge in [-0.3, -0.25) is 4.79 Å². The quantitative estimate of drug-likeness (QED) is 0.853. The van der Waals surface area contributed by atoms with Gasteiger partial charge in [0.1, 0.15) is 0 Å². The average molecular weight is 292 g/mol. The maximum absolute atomic E-state index is 13.2. The number of hydrogen-bond acceptors (Lipinski definition) is 3. The first kappa shape index (κ1) is 12.9. The molecule has 4 nitrogen and oxygen atoms in total. The number of amides is 1. The molecule has 0 spiro atoms. The fourth-order valence-electron chi connectivity index (χ4n) is 0.982. The van der Waals surface area contributed by atoms with Crippen LogP contribution in [0.25, 0.3) is 0 Å². The minimum atomic E-state index is -0.538. The maximum atomic E-state index is 13.2. The van der Waals surface area contributed by atoms with Gasteiger partial charge >= 0.3 is 0 Å². The van der Waals surface area contributed by atoms with Gasteiger partial charge < -0.3 is 15.2 Å². The predicted octanol–water partition coefficient (Wildman–Crippen LogP) is 1.08. The van der Waals surface area contributed by atoms with Gasteiger partial charge in [-0.1, -0.05) is 15.9 Å². The van der Waals surface area contributed by atoms with E-state index in [9.17, 15) is 9.18 Å². The number of halogens is 2. The molecule has 0 heterocycles. The highest BCUT2D eigenvalue weighted by atomic mass is 79.9. The molecule has 6 heteroatoms. The molecule has 0 saturated carbocycles. The van der Waals surface area contributed by atoms with Gasteiger partial charge in [0.05, 0.1) is 6.61 Å². The average Bonchev–Trinajstić information content (AvgIpc) is 2.25. The number of aliphatic hydroxyl groups excluding tert-OH is 1. The van der Waals surface area contributed by atoms with Gasteiger partial charge in [0.2, 0.25) is 0 Å². The molecule has 1 aromatic carbocycles. The molecular weight excluding hydrogens is 281 g/mol. The second-order valence-electron chi connectivity index (χ2n) is 2.94. The Hall–Kier alpha value is -1.14. The predicted molar refractivity (Wildman–Crippen MR) is 59.7 cm³/mol. The highest BCUT2D eigenvalue weighted by molar-refractivity contribution is 9.10. The summed E-state index contributed by atoms with van der Waals surface area (Å²) in [6.07, 6.45) is 0. The SMILES string of the molecule is O=C(COc1ccc(Br)cc1F)NCCO. The molecule has 1 aromatic rings. The third-order valence-electron chi connectivity index (χ3n) is 1.69. The Bertz CT molecular complexity index is 373. The molecule has 16 heavy (non-hydrogen) atoms. The molecule has 0 aliphatic heterocycles. The van der Waals surface area contributed by atoms with Gasteiger partial charge in [0, 0.05) is 11.0 Å². The van der Waals surface area contributed by atoms with Gasteiger partial charge in [0.25, 0.3) is 5.91 Å². The monoisotopic (exact) mass is 291 g/mol. The molecule has 0 aromatic heterocycles. The zero-order chi connectivity index (χ0) is 12.0. The highest BCUT2D eigenvalue weighted by Gasteiger charge is 2.06. The van der Waals surface area contributed by atoms with E-state index in [0.717, 1.165) is 0 Å². The van der Waals surface area contributed by atoms with Crippen LogP contribution < -0.4 is 10.1 Å². The molecule has 0 saturated heterocycles. The minimum Gasteiger partial charge on any atom is -0.481 e. The first-order valence-electron chi connectivity index (χ1n) is 4.59. The Kier molecular flexibility index (Phi) is 5.21. The molecule has 88 valence electrons. The zero-order valence-electron chi connectivity index (χ0n) is 8.37. The molecule has 2 N–H and O–H groups in total. The van der Waals surface area contributed by atoms with Crippen molar-refractivity contribution in [3.05, 3.63) is 28.5 Å². The topological polar surface area (TPSA) is 58.6 Å². The molecule has 0 radical (unpaired) electrons. The fraction of sp³-hybridized carbons (Fsp3) is 0.300. The Morgan fingerprint density at radius 2 is 2.31 bits per heavy atom. The molecule has 0 aliphatic carbocycles. The van der Waals surface area contributed by atoms with E-state index in [0.29, 0.717) is 4.47 Å². The Morgan fingerprint density at radius 3 is 2.94 bits per heavy atom. The number of benzene rings is 1. The van der Waals surface area contributed by atoms with Crippen LogP contribution in [0, 0.1) is 5.82 Å². The second-order valence-corrected chi connectivity index (χ2v) is 3.85. The normalized spacial score (nSPS) is 9.94. The lowest BCUT2D eigenvalue weighted by Crippen LogP contribution is -2.31. The van der Waals surface area contributed by atoms with Crippen molar-refractivity contribution in [3.63, 3.8) is 0 Å². The van der Waals surface area contributed by atoms with E-state index < -0.39 is 11.7 Å². The number of nitrogens with one attached hydrogen (secondary N) is 1. The van der Waals surface area contributed by atoms with Crippen molar-refractivity contribution in [2.24, 2.45) is 0 Å². The van der Waals surface area contributed by atoms with Crippen LogP contribution in [0.1, 0.15) is 0 Å². The van der Waals surface area contributed by atoms with Crippen LogP contribution in [0.4, 0.5) is 4.39 Å². The van der Waals surface area contributed by atoms with E-state index in [-0.39, 0.29) is 25.5 Å². The van der Waals surface area contributed by atoms with Gasteiger partial charge in [-0.15, -0.1) is 0 Å². The van der Waals surface area contributed by atoms with Crippen LogP contribution >= 0.6 is 15.9 Å². The molecular formula is C10H11BrFNO3. The van der Waals surface area contributed by atoms with Crippen molar-refractivity contribution in [1.82, 2.24) is 5.32 Å². The van der Waals surface area contributed by atoms with Gasteiger partial charge in [0.15, 0.2) is 18.2 Å². The van der Waals surface area contributed by atoms with Crippen LogP contribution in [0.15, 0.2) is 22.7 Å². The molecule has 0 unspecified atom stereocenters. The number of rotatable bonds is 5. The molecule has 0 atom stereocenters. The van der Waals surface area contributed by atoms with E-state index in [1.54, 1.807) is 6.07 Å². The van der Waals surface area contributed by atoms with Crippen molar-refractivity contribution >= 4 is 21.8 Å². The van der Waals surface area contributed by atoms with E-state index in [4.69, 9.17) is 9.84 Å². The van der Waals surface area contributed by atoms with E-state index in [1.165, 1.54) is 12.1 Å². The summed E-state index contributed by atoms with van der Waals surface area (Å²) < 4.78 is 18.8. The van der Waals surface area contributed by atoms with Crippen molar-refractivity contribution in [3.8, 4) is 5.75 Å². The second kappa shape index (κ2) is 6.44. The molecule has 0 fully saturated rings. The standard InChI is InChI=1S/C10H11BrFNO3/c11-7-1-2-9(8(12)5-7)16-6-10(15)13-3-4-14/h1-2,5,14H,3-4,6H2,(H,13,15). The van der Waals surface area contributed by atoms with Crippen LogP contribution in [0.2, 0.25) is 0 Å². The fourth-order valence-corrected chi connectivity index (χ4v) is 1.32. The van der Waals surface area contributed by atoms with Crippen molar-refractivity contribution in [1.29, 1.82) is 0 Å². The van der Waals surface area contributed by atoms with Gasteiger partial charge in [-0.25, -0.2) is 4.39 Å². The summed E-state index contributed by atoms with van der Waals surface area (Å²) in [6, 6.07) is 4.30. The Labute approximate surface area is 101 Å². The number of aliphatic hydroxyl groups is 1. The lowest BCUT2D eigenvalue weighted by Gasteiger charge is -2.07. The smallest absolute Gasteiger partial charge is 0.258 e. The number of hydrogen-bond donors (Lipinski definition) is 2. The van der Waals surface area contributed by atoms with E-state index in [1.807, 2.05) is 0 Å². The summed E-state index contributed by atoms with van der Waals surface area (Å²) in [6.45, 7) is -0.262. The molecule has 0 bridgehead atoms. The van der Waals surface area contributed by atoms with Crippen LogP contribution in [-0.2, 0) is 4.79 Å². The summed E-state index contributed by atoms with van der Waals surface area (Å²) in [5.74, 6) is -0.928. The third-order valence-corrected chi connectivity index (χ3v) is 2.18. The molecule has 1 amide bonds. The van der Waals surface area contributed by atoms with Crippen molar-refractivity contribution in [2.75, 3.05) is 19.8 Å². The van der Waals surface area contributed by atoms with E-state index >= 15 is 0 Å². The lowest BCUT2D eigenvalue weighted by molar-refractivity contribution is -0.123. The Morgan fingerprint density at radius 1 is 1.56 bits per heavy atom. The molecule has 1 rings (SSSR count). The maximum Gasteiger partial charge on any atom is 0.258 e. The van der Waals surface area contributed by atoms with Crippen LogP contribution in [0.5, 0.6) is 5.75 Å². The summed E-state index contributed by atoms with van der Waals surface area (Å²) in [5, 5.41) is 10.8. The summed E-state index contributed by atoms with van der Waals surface area (Å²) in [4.78, 5) is 11.1. The number of carbonyl (C=O) groups excluding carboxylic acids is 1. The summed E-state index contributed by atoms with van der Waals surface area (Å²) >= 11 is 3.11. The van der Waals surface area contributed by atoms with Gasteiger partial charge in [-0.05, 0) is 18.2 Å². The minimum absolute atomic E-state index is 0.0161. The Balaban J connectivity index is 2.45. The number of ether oxygens (including phenoxy) is 1. The van der Waals surface area contributed by atoms with E-state index in [2.05, 4.69) is 21.2 Å². The first-order chi connectivity index (χ1) is 7.63.